The van der Waals surface area contributed by atoms with E-state index in [1.54, 1.807) is 0 Å². The zero-order valence-electron chi connectivity index (χ0n) is 26.6. The van der Waals surface area contributed by atoms with Crippen molar-refractivity contribution < 1.29 is 8.83 Å². The molecule has 0 aliphatic carbocycles. The second-order valence-electron chi connectivity index (χ2n) is 12.2. The normalized spacial score (nSPS) is 11.6. The molecular formula is C44H26N4O2. The summed E-state index contributed by atoms with van der Waals surface area (Å²) in [4.78, 5) is 20.2. The standard InChI is InChI=1S/C44H26N4O2/c1-4-14-27(15-5-1)41-46-42(28-16-6-2-7-17-28)48-43(47-41)33-25-24-32(30-20-10-11-21-31(30)33)39-38-34-22-12-13-23-35(34)49-36(38)26-37-40(39)45-44(50-37)29-18-8-3-9-19-29/h1-26H. The Kier molecular flexibility index (Phi) is 6.39. The van der Waals surface area contributed by atoms with Crippen LogP contribution in [-0.4, -0.2) is 19.9 Å². The fourth-order valence-corrected chi connectivity index (χ4v) is 6.88. The van der Waals surface area contributed by atoms with Gasteiger partial charge in [-0.2, -0.15) is 0 Å². The van der Waals surface area contributed by atoms with Gasteiger partial charge in [-0.05, 0) is 40.6 Å². The van der Waals surface area contributed by atoms with Crippen molar-refractivity contribution in [3.05, 3.63) is 158 Å². The summed E-state index contributed by atoms with van der Waals surface area (Å²) in [6, 6.07) is 52.8. The van der Waals surface area contributed by atoms with Gasteiger partial charge in [0.2, 0.25) is 5.89 Å². The molecule has 10 aromatic rings. The average molecular weight is 643 g/mol. The van der Waals surface area contributed by atoms with Gasteiger partial charge in [0.1, 0.15) is 16.7 Å². The summed E-state index contributed by atoms with van der Waals surface area (Å²) in [5.74, 6) is 2.40. The lowest BCUT2D eigenvalue weighted by Gasteiger charge is -2.14. The highest BCUT2D eigenvalue weighted by Gasteiger charge is 2.23. The number of benzene rings is 7. The first-order chi connectivity index (χ1) is 24.8. The summed E-state index contributed by atoms with van der Waals surface area (Å²) < 4.78 is 12.9. The van der Waals surface area contributed by atoms with Gasteiger partial charge >= 0.3 is 0 Å². The van der Waals surface area contributed by atoms with Crippen LogP contribution in [0.4, 0.5) is 0 Å². The van der Waals surface area contributed by atoms with Crippen molar-refractivity contribution in [1.82, 2.24) is 19.9 Å². The number of para-hydroxylation sites is 1. The van der Waals surface area contributed by atoms with Crippen LogP contribution in [0.2, 0.25) is 0 Å². The zero-order valence-corrected chi connectivity index (χ0v) is 26.6. The predicted octanol–water partition coefficient (Wildman–Crippen LogP) is 11.4. The molecule has 0 bridgehead atoms. The quantitative estimate of drug-likeness (QED) is 0.186. The van der Waals surface area contributed by atoms with E-state index in [1.807, 2.05) is 115 Å². The largest absolute Gasteiger partial charge is 0.456 e. The van der Waals surface area contributed by atoms with Crippen molar-refractivity contribution >= 4 is 43.8 Å². The van der Waals surface area contributed by atoms with E-state index < -0.39 is 0 Å². The Balaban J connectivity index is 1.25. The molecule has 0 saturated heterocycles. The molecule has 0 unspecified atom stereocenters. The summed E-state index contributed by atoms with van der Waals surface area (Å²) in [6.45, 7) is 0. The Morgan fingerprint density at radius 3 is 1.54 bits per heavy atom. The number of nitrogens with zero attached hydrogens (tertiary/aromatic N) is 4. The van der Waals surface area contributed by atoms with Crippen molar-refractivity contribution in [1.29, 1.82) is 0 Å². The van der Waals surface area contributed by atoms with Gasteiger partial charge in [-0.3, -0.25) is 0 Å². The first-order valence-electron chi connectivity index (χ1n) is 16.5. The van der Waals surface area contributed by atoms with Crippen molar-refractivity contribution in [2.45, 2.75) is 0 Å². The lowest BCUT2D eigenvalue weighted by Crippen LogP contribution is -2.00. The van der Waals surface area contributed by atoms with Crippen LogP contribution in [0.5, 0.6) is 0 Å². The molecule has 0 N–H and O–H groups in total. The monoisotopic (exact) mass is 642 g/mol. The Labute approximate surface area is 286 Å². The minimum atomic E-state index is 0.562. The Morgan fingerprint density at radius 1 is 0.360 bits per heavy atom. The van der Waals surface area contributed by atoms with Crippen molar-refractivity contribution in [3.63, 3.8) is 0 Å². The van der Waals surface area contributed by atoms with E-state index in [9.17, 15) is 0 Å². The van der Waals surface area contributed by atoms with E-state index in [1.165, 1.54) is 0 Å². The second-order valence-corrected chi connectivity index (χ2v) is 12.2. The zero-order chi connectivity index (χ0) is 33.0. The first-order valence-corrected chi connectivity index (χ1v) is 16.5. The van der Waals surface area contributed by atoms with Crippen LogP contribution >= 0.6 is 0 Å². The summed E-state index contributed by atoms with van der Waals surface area (Å²) in [6.07, 6.45) is 0. The van der Waals surface area contributed by atoms with Gasteiger partial charge < -0.3 is 8.83 Å². The minimum Gasteiger partial charge on any atom is -0.456 e. The van der Waals surface area contributed by atoms with Crippen molar-refractivity contribution in [2.24, 2.45) is 0 Å². The molecule has 6 nitrogen and oxygen atoms in total. The molecule has 0 amide bonds. The average Bonchev–Trinajstić information content (AvgIpc) is 3.79. The van der Waals surface area contributed by atoms with Gasteiger partial charge in [-0.1, -0.05) is 127 Å². The van der Waals surface area contributed by atoms with Crippen LogP contribution in [0.3, 0.4) is 0 Å². The number of aromatic nitrogens is 4. The third-order valence-corrected chi connectivity index (χ3v) is 9.18. The van der Waals surface area contributed by atoms with Crippen LogP contribution in [0.25, 0.3) is 101 Å². The fourth-order valence-electron chi connectivity index (χ4n) is 6.88. The minimum absolute atomic E-state index is 0.562. The molecule has 234 valence electrons. The maximum atomic E-state index is 6.44. The highest BCUT2D eigenvalue weighted by atomic mass is 16.4. The topological polar surface area (TPSA) is 77.8 Å². The smallest absolute Gasteiger partial charge is 0.227 e. The molecular weight excluding hydrogens is 617 g/mol. The van der Waals surface area contributed by atoms with Crippen LogP contribution in [-0.2, 0) is 0 Å². The number of fused-ring (bicyclic) bond motifs is 5. The molecule has 0 atom stereocenters. The van der Waals surface area contributed by atoms with E-state index in [2.05, 4.69) is 42.5 Å². The van der Waals surface area contributed by atoms with Gasteiger partial charge in [0, 0.05) is 44.7 Å². The molecule has 7 aromatic carbocycles. The molecule has 0 spiro atoms. The molecule has 0 saturated carbocycles. The molecule has 3 heterocycles. The van der Waals surface area contributed by atoms with E-state index in [0.29, 0.717) is 28.9 Å². The van der Waals surface area contributed by atoms with Crippen LogP contribution in [0, 0.1) is 0 Å². The van der Waals surface area contributed by atoms with Gasteiger partial charge in [0.05, 0.1) is 0 Å². The maximum Gasteiger partial charge on any atom is 0.227 e. The number of oxazole rings is 1. The van der Waals surface area contributed by atoms with Crippen molar-refractivity contribution in [2.75, 3.05) is 0 Å². The summed E-state index contributed by atoms with van der Waals surface area (Å²) in [7, 11) is 0. The molecule has 50 heavy (non-hydrogen) atoms. The molecule has 0 aliphatic rings. The Hall–Kier alpha value is -6.92. The summed E-state index contributed by atoms with van der Waals surface area (Å²) in [5.41, 5.74) is 8.64. The van der Waals surface area contributed by atoms with Crippen LogP contribution in [0.15, 0.2) is 167 Å². The molecule has 0 radical (unpaired) electrons. The maximum absolute atomic E-state index is 6.44. The van der Waals surface area contributed by atoms with Crippen LogP contribution in [0.1, 0.15) is 0 Å². The Bertz CT molecular complexity index is 2800. The molecule has 3 aromatic heterocycles. The lowest BCUT2D eigenvalue weighted by molar-refractivity contribution is 0.617. The fraction of sp³-hybridized carbons (Fsp3) is 0. The summed E-state index contributed by atoms with van der Waals surface area (Å²) >= 11 is 0. The summed E-state index contributed by atoms with van der Waals surface area (Å²) in [5, 5.41) is 4.07. The van der Waals surface area contributed by atoms with E-state index in [0.717, 1.165) is 71.6 Å². The van der Waals surface area contributed by atoms with Gasteiger partial charge in [-0.25, -0.2) is 19.9 Å². The van der Waals surface area contributed by atoms with Gasteiger partial charge in [0.25, 0.3) is 0 Å². The highest BCUT2D eigenvalue weighted by Crippen LogP contribution is 2.45. The van der Waals surface area contributed by atoms with Crippen LogP contribution < -0.4 is 0 Å². The van der Waals surface area contributed by atoms with Crippen molar-refractivity contribution in [3.8, 4) is 56.7 Å². The molecule has 0 fully saturated rings. The van der Waals surface area contributed by atoms with Gasteiger partial charge in [-0.15, -0.1) is 0 Å². The number of furan rings is 1. The first kappa shape index (κ1) is 28.1. The second kappa shape index (κ2) is 11.4. The third kappa shape index (κ3) is 4.58. The lowest BCUT2D eigenvalue weighted by atomic mass is 9.91. The molecule has 6 heteroatoms. The predicted molar refractivity (Wildman–Crippen MR) is 199 cm³/mol. The van der Waals surface area contributed by atoms with Gasteiger partial charge in [0.15, 0.2) is 23.1 Å². The number of rotatable bonds is 5. The number of hydrogen-bond acceptors (Lipinski definition) is 6. The van der Waals surface area contributed by atoms with E-state index in [4.69, 9.17) is 28.8 Å². The molecule has 10 rings (SSSR count). The van der Waals surface area contributed by atoms with E-state index in [-0.39, 0.29) is 0 Å². The van der Waals surface area contributed by atoms with E-state index >= 15 is 0 Å². The molecule has 0 aliphatic heterocycles. The number of hydrogen-bond donors (Lipinski definition) is 0. The SMILES string of the molecule is c1ccc(-c2nc(-c3ccccc3)nc(-c3ccc(-c4c5nc(-c6ccccc6)oc5cc5oc6ccccc6c45)c4ccccc34)n2)cc1. The Morgan fingerprint density at radius 2 is 0.880 bits per heavy atom. The third-order valence-electron chi connectivity index (χ3n) is 9.18. The highest BCUT2D eigenvalue weighted by molar-refractivity contribution is 6.22.